The van der Waals surface area contributed by atoms with E-state index in [1.165, 1.54) is 0 Å². The average Bonchev–Trinajstić information content (AvgIpc) is 2.42. The first kappa shape index (κ1) is 12.0. The molecule has 0 atom stereocenters. The van der Waals surface area contributed by atoms with Crippen molar-refractivity contribution < 1.29 is 4.74 Å². The van der Waals surface area contributed by atoms with E-state index in [0.29, 0.717) is 11.4 Å². The summed E-state index contributed by atoms with van der Waals surface area (Å²) in [6.45, 7) is 0. The van der Waals surface area contributed by atoms with Crippen molar-refractivity contribution in [1.82, 2.24) is 4.98 Å². The molecule has 2 aromatic carbocycles. The van der Waals surface area contributed by atoms with Crippen LogP contribution in [0.25, 0.3) is 10.8 Å². The number of hydrogen-bond donors (Lipinski definition) is 1. The van der Waals surface area contributed by atoms with Crippen molar-refractivity contribution in [3.63, 3.8) is 0 Å². The summed E-state index contributed by atoms with van der Waals surface area (Å²) in [6, 6.07) is 13.4. The number of benzene rings is 2. The third-order valence-corrected chi connectivity index (χ3v) is 3.34. The Balaban J connectivity index is 2.04. The molecule has 3 aromatic rings. The predicted molar refractivity (Wildman–Crippen MR) is 80.4 cm³/mol. The van der Waals surface area contributed by atoms with Gasteiger partial charge in [0.2, 0.25) is 0 Å². The van der Waals surface area contributed by atoms with Gasteiger partial charge in [0.05, 0.1) is 5.69 Å². The molecule has 0 spiro atoms. The molecule has 0 fully saturated rings. The molecule has 4 heteroatoms. The van der Waals surface area contributed by atoms with Gasteiger partial charge in [-0.1, -0.05) is 22.0 Å². The minimum atomic E-state index is 0.625. The number of halogens is 1. The van der Waals surface area contributed by atoms with Crippen LogP contribution in [0.1, 0.15) is 0 Å². The van der Waals surface area contributed by atoms with E-state index in [2.05, 4.69) is 20.9 Å². The third kappa shape index (κ3) is 2.39. The molecule has 0 radical (unpaired) electrons. The number of nitrogens with zero attached hydrogens (tertiary/aromatic N) is 1. The Bertz CT molecular complexity index is 743. The zero-order valence-electron chi connectivity index (χ0n) is 10.0. The molecular formula is C15H11BrN2O. The molecule has 0 saturated heterocycles. The highest BCUT2D eigenvalue weighted by molar-refractivity contribution is 9.10. The molecule has 0 aliphatic rings. The Kier molecular flexibility index (Phi) is 3.09. The maximum Gasteiger partial charge on any atom is 0.150 e. The van der Waals surface area contributed by atoms with Crippen molar-refractivity contribution in [3.05, 3.63) is 59.3 Å². The monoisotopic (exact) mass is 314 g/mol. The van der Waals surface area contributed by atoms with E-state index in [-0.39, 0.29) is 0 Å². The third-order valence-electron chi connectivity index (χ3n) is 2.85. The zero-order valence-corrected chi connectivity index (χ0v) is 11.6. The number of aromatic nitrogens is 1. The van der Waals surface area contributed by atoms with Gasteiger partial charge in [0.1, 0.15) is 5.75 Å². The maximum atomic E-state index is 6.14. The fourth-order valence-corrected chi connectivity index (χ4v) is 2.30. The van der Waals surface area contributed by atoms with E-state index < -0.39 is 0 Å². The van der Waals surface area contributed by atoms with Gasteiger partial charge in [0.25, 0.3) is 0 Å². The van der Waals surface area contributed by atoms with Crippen molar-refractivity contribution in [2.24, 2.45) is 0 Å². The van der Waals surface area contributed by atoms with Crippen molar-refractivity contribution in [1.29, 1.82) is 0 Å². The number of rotatable bonds is 2. The Morgan fingerprint density at radius 3 is 2.84 bits per heavy atom. The van der Waals surface area contributed by atoms with Crippen LogP contribution in [-0.4, -0.2) is 4.98 Å². The van der Waals surface area contributed by atoms with Crippen LogP contribution in [0.2, 0.25) is 0 Å². The van der Waals surface area contributed by atoms with Gasteiger partial charge in [0, 0.05) is 27.6 Å². The van der Waals surface area contributed by atoms with E-state index in [0.717, 1.165) is 21.0 Å². The molecule has 19 heavy (non-hydrogen) atoms. The second-order valence-electron chi connectivity index (χ2n) is 4.13. The second-order valence-corrected chi connectivity index (χ2v) is 5.05. The molecule has 1 heterocycles. The molecule has 0 aliphatic carbocycles. The molecule has 0 bridgehead atoms. The first-order chi connectivity index (χ1) is 9.24. The van der Waals surface area contributed by atoms with Gasteiger partial charge in [0.15, 0.2) is 5.75 Å². The molecule has 0 aliphatic heterocycles. The van der Waals surface area contributed by atoms with Crippen molar-refractivity contribution in [2.75, 3.05) is 5.73 Å². The molecule has 1 aromatic heterocycles. The largest absolute Gasteiger partial charge is 0.455 e. The topological polar surface area (TPSA) is 48.1 Å². The fourth-order valence-electron chi connectivity index (χ4n) is 1.92. The van der Waals surface area contributed by atoms with E-state index in [4.69, 9.17) is 10.5 Å². The lowest BCUT2D eigenvalue weighted by Gasteiger charge is -2.10. The van der Waals surface area contributed by atoms with Crippen LogP contribution in [0.4, 0.5) is 5.69 Å². The molecule has 0 unspecified atom stereocenters. The lowest BCUT2D eigenvalue weighted by atomic mass is 10.1. The summed E-state index contributed by atoms with van der Waals surface area (Å²) in [5.74, 6) is 1.39. The highest BCUT2D eigenvalue weighted by Crippen LogP contribution is 2.33. The van der Waals surface area contributed by atoms with Gasteiger partial charge in [-0.3, -0.25) is 4.98 Å². The smallest absolute Gasteiger partial charge is 0.150 e. The van der Waals surface area contributed by atoms with Crippen LogP contribution >= 0.6 is 15.9 Å². The molecule has 2 N–H and O–H groups in total. The van der Waals surface area contributed by atoms with Gasteiger partial charge >= 0.3 is 0 Å². The molecule has 3 rings (SSSR count). The highest BCUT2D eigenvalue weighted by Gasteiger charge is 2.06. The first-order valence-electron chi connectivity index (χ1n) is 5.80. The highest BCUT2D eigenvalue weighted by atomic mass is 79.9. The Labute approximate surface area is 119 Å². The minimum absolute atomic E-state index is 0.625. The normalized spacial score (nSPS) is 10.6. The summed E-state index contributed by atoms with van der Waals surface area (Å²) in [5, 5.41) is 1.95. The molecule has 3 nitrogen and oxygen atoms in total. The number of fused-ring (bicyclic) bond motifs is 1. The minimum Gasteiger partial charge on any atom is -0.455 e. The summed E-state index contributed by atoms with van der Waals surface area (Å²) >= 11 is 3.41. The number of ether oxygens (including phenoxy) is 1. The Morgan fingerprint density at radius 1 is 1.11 bits per heavy atom. The maximum absolute atomic E-state index is 6.14. The van der Waals surface area contributed by atoms with Crippen LogP contribution in [0.3, 0.4) is 0 Å². The first-order valence-corrected chi connectivity index (χ1v) is 6.59. The van der Waals surface area contributed by atoms with Gasteiger partial charge in [-0.05, 0) is 36.4 Å². The van der Waals surface area contributed by atoms with Gasteiger partial charge in [-0.25, -0.2) is 0 Å². The van der Waals surface area contributed by atoms with E-state index >= 15 is 0 Å². The second kappa shape index (κ2) is 4.90. The van der Waals surface area contributed by atoms with Crippen LogP contribution in [0.5, 0.6) is 11.5 Å². The van der Waals surface area contributed by atoms with Gasteiger partial charge in [-0.15, -0.1) is 0 Å². The van der Waals surface area contributed by atoms with Crippen LogP contribution < -0.4 is 10.5 Å². The molecular weight excluding hydrogens is 304 g/mol. The molecule has 0 amide bonds. The van der Waals surface area contributed by atoms with Crippen molar-refractivity contribution in [3.8, 4) is 11.5 Å². The number of nitrogens with two attached hydrogens (primary N) is 1. The number of nitrogen functional groups attached to an aromatic ring is 1. The van der Waals surface area contributed by atoms with Gasteiger partial charge < -0.3 is 10.5 Å². The fraction of sp³-hybridized carbons (Fsp3) is 0. The summed E-state index contributed by atoms with van der Waals surface area (Å²) in [4.78, 5) is 4.08. The van der Waals surface area contributed by atoms with Crippen molar-refractivity contribution in [2.45, 2.75) is 0 Å². The zero-order chi connectivity index (χ0) is 13.2. The quantitative estimate of drug-likeness (QED) is 0.714. The van der Waals surface area contributed by atoms with E-state index in [1.54, 1.807) is 12.4 Å². The van der Waals surface area contributed by atoms with Gasteiger partial charge in [-0.2, -0.15) is 0 Å². The summed E-state index contributed by atoms with van der Waals surface area (Å²) in [7, 11) is 0. The number of hydrogen-bond acceptors (Lipinski definition) is 3. The standard InChI is InChI=1S/C15H11BrN2O/c16-11-2-1-3-12(8-11)19-14-5-4-10-9-18-7-6-13(10)15(14)17/h1-9H,17H2. The Hall–Kier alpha value is -2.07. The molecule has 94 valence electrons. The van der Waals surface area contributed by atoms with Crippen LogP contribution in [-0.2, 0) is 0 Å². The SMILES string of the molecule is Nc1c(Oc2cccc(Br)c2)ccc2cnccc12. The number of pyridine rings is 1. The predicted octanol–water partition coefficient (Wildman–Crippen LogP) is 4.37. The average molecular weight is 315 g/mol. The lowest BCUT2D eigenvalue weighted by molar-refractivity contribution is 0.485. The van der Waals surface area contributed by atoms with Crippen LogP contribution in [0.15, 0.2) is 59.3 Å². The van der Waals surface area contributed by atoms with Crippen molar-refractivity contribution >= 4 is 32.4 Å². The van der Waals surface area contributed by atoms with E-state index in [1.807, 2.05) is 42.5 Å². The number of anilines is 1. The Morgan fingerprint density at radius 2 is 2.00 bits per heavy atom. The summed E-state index contributed by atoms with van der Waals surface area (Å²) in [6.07, 6.45) is 3.51. The lowest BCUT2D eigenvalue weighted by Crippen LogP contribution is -1.93. The molecule has 0 saturated carbocycles. The van der Waals surface area contributed by atoms with Crippen LogP contribution in [0, 0.1) is 0 Å². The summed E-state index contributed by atoms with van der Waals surface area (Å²) < 4.78 is 6.79. The summed E-state index contributed by atoms with van der Waals surface area (Å²) in [5.41, 5.74) is 6.77. The van der Waals surface area contributed by atoms with E-state index in [9.17, 15) is 0 Å².